The molecule has 1 aromatic rings. The standard InChI is InChI=1S/C14H21NO3/c1-11(9-15)6-7-14(16)18-10-12-4-3-5-13(8-12)17-2/h3-5,8,11H,6-7,9-10,15H2,1-2H3. The maximum Gasteiger partial charge on any atom is 0.306 e. The van der Waals surface area contributed by atoms with Crippen LogP contribution < -0.4 is 10.5 Å². The zero-order chi connectivity index (χ0) is 13.4. The molecule has 0 aliphatic rings. The number of rotatable bonds is 7. The van der Waals surface area contributed by atoms with Crippen LogP contribution in [-0.4, -0.2) is 19.6 Å². The van der Waals surface area contributed by atoms with Crippen LogP contribution in [0.4, 0.5) is 0 Å². The molecule has 2 N–H and O–H groups in total. The maximum atomic E-state index is 11.5. The van der Waals surface area contributed by atoms with E-state index in [1.165, 1.54) is 0 Å². The quantitative estimate of drug-likeness (QED) is 0.754. The van der Waals surface area contributed by atoms with Crippen LogP contribution in [-0.2, 0) is 16.1 Å². The molecule has 0 saturated carbocycles. The molecule has 0 heterocycles. The van der Waals surface area contributed by atoms with Gasteiger partial charge in [0.2, 0.25) is 0 Å². The molecule has 1 unspecified atom stereocenters. The van der Waals surface area contributed by atoms with E-state index < -0.39 is 0 Å². The largest absolute Gasteiger partial charge is 0.497 e. The summed E-state index contributed by atoms with van der Waals surface area (Å²) < 4.78 is 10.3. The Labute approximate surface area is 108 Å². The molecule has 0 amide bonds. The van der Waals surface area contributed by atoms with E-state index in [1.807, 2.05) is 31.2 Å². The Hall–Kier alpha value is -1.55. The minimum absolute atomic E-state index is 0.182. The summed E-state index contributed by atoms with van der Waals surface area (Å²) in [6.07, 6.45) is 1.19. The second-order valence-electron chi connectivity index (χ2n) is 4.39. The molecule has 1 atom stereocenters. The Kier molecular flexibility index (Phi) is 6.22. The summed E-state index contributed by atoms with van der Waals surface area (Å²) in [5, 5.41) is 0. The molecule has 0 aliphatic carbocycles. The smallest absolute Gasteiger partial charge is 0.306 e. The van der Waals surface area contributed by atoms with Crippen molar-refractivity contribution in [3.05, 3.63) is 29.8 Å². The van der Waals surface area contributed by atoms with Crippen molar-refractivity contribution < 1.29 is 14.3 Å². The maximum absolute atomic E-state index is 11.5. The van der Waals surface area contributed by atoms with Gasteiger partial charge in [0, 0.05) is 6.42 Å². The molecule has 0 saturated heterocycles. The molecule has 0 fully saturated rings. The van der Waals surface area contributed by atoms with Gasteiger partial charge < -0.3 is 15.2 Å². The van der Waals surface area contributed by atoms with Gasteiger partial charge in [-0.05, 0) is 36.6 Å². The lowest BCUT2D eigenvalue weighted by Crippen LogP contribution is -2.13. The van der Waals surface area contributed by atoms with Crippen molar-refractivity contribution >= 4 is 5.97 Å². The Morgan fingerprint density at radius 2 is 2.22 bits per heavy atom. The van der Waals surface area contributed by atoms with Gasteiger partial charge in [0.05, 0.1) is 7.11 Å². The van der Waals surface area contributed by atoms with Crippen LogP contribution in [0.2, 0.25) is 0 Å². The van der Waals surface area contributed by atoms with Crippen molar-refractivity contribution in [1.29, 1.82) is 0 Å². The molecule has 100 valence electrons. The van der Waals surface area contributed by atoms with Gasteiger partial charge in [-0.2, -0.15) is 0 Å². The van der Waals surface area contributed by atoms with Gasteiger partial charge in [-0.15, -0.1) is 0 Å². The van der Waals surface area contributed by atoms with Gasteiger partial charge in [0.25, 0.3) is 0 Å². The third-order valence-electron chi connectivity index (χ3n) is 2.78. The van der Waals surface area contributed by atoms with E-state index >= 15 is 0 Å². The van der Waals surface area contributed by atoms with E-state index in [0.29, 0.717) is 18.9 Å². The molecule has 4 nitrogen and oxygen atoms in total. The number of hydrogen-bond donors (Lipinski definition) is 1. The average molecular weight is 251 g/mol. The van der Waals surface area contributed by atoms with E-state index in [-0.39, 0.29) is 12.6 Å². The van der Waals surface area contributed by atoms with E-state index in [4.69, 9.17) is 15.2 Å². The summed E-state index contributed by atoms with van der Waals surface area (Å²) in [6, 6.07) is 7.49. The SMILES string of the molecule is COc1cccc(COC(=O)CCC(C)CN)c1. The second kappa shape index (κ2) is 7.71. The topological polar surface area (TPSA) is 61.5 Å². The Morgan fingerprint density at radius 3 is 2.89 bits per heavy atom. The summed E-state index contributed by atoms with van der Waals surface area (Å²) in [5.41, 5.74) is 6.41. The first-order valence-electron chi connectivity index (χ1n) is 6.14. The van der Waals surface area contributed by atoms with E-state index in [1.54, 1.807) is 7.11 Å². The molecule has 1 rings (SSSR count). The third-order valence-corrected chi connectivity index (χ3v) is 2.78. The van der Waals surface area contributed by atoms with Crippen molar-refractivity contribution in [2.24, 2.45) is 11.7 Å². The highest BCUT2D eigenvalue weighted by molar-refractivity contribution is 5.69. The van der Waals surface area contributed by atoms with Crippen molar-refractivity contribution in [2.75, 3.05) is 13.7 Å². The van der Waals surface area contributed by atoms with Crippen LogP contribution in [0.25, 0.3) is 0 Å². The zero-order valence-corrected chi connectivity index (χ0v) is 11.0. The van der Waals surface area contributed by atoms with Gasteiger partial charge >= 0.3 is 5.97 Å². The molecule has 1 aromatic carbocycles. The average Bonchev–Trinajstić information content (AvgIpc) is 2.42. The molecule has 0 bridgehead atoms. The molecule has 0 aromatic heterocycles. The number of nitrogens with two attached hydrogens (primary N) is 1. The molecular formula is C14H21NO3. The number of carbonyl (C=O) groups is 1. The lowest BCUT2D eigenvalue weighted by atomic mass is 10.1. The lowest BCUT2D eigenvalue weighted by molar-refractivity contribution is -0.145. The van der Waals surface area contributed by atoms with Crippen molar-refractivity contribution in [3.63, 3.8) is 0 Å². The number of hydrogen-bond acceptors (Lipinski definition) is 4. The van der Waals surface area contributed by atoms with Gasteiger partial charge in [-0.1, -0.05) is 19.1 Å². The lowest BCUT2D eigenvalue weighted by Gasteiger charge is -2.09. The fourth-order valence-corrected chi connectivity index (χ4v) is 1.48. The minimum atomic E-state index is -0.182. The summed E-state index contributed by atoms with van der Waals surface area (Å²) in [5.74, 6) is 0.938. The van der Waals surface area contributed by atoms with E-state index in [0.717, 1.165) is 17.7 Å². The van der Waals surface area contributed by atoms with Gasteiger partial charge in [0.1, 0.15) is 12.4 Å². The van der Waals surface area contributed by atoms with Crippen LogP contribution >= 0.6 is 0 Å². The Balaban J connectivity index is 2.33. The molecule has 0 spiro atoms. The predicted molar refractivity (Wildman–Crippen MR) is 70.2 cm³/mol. The van der Waals surface area contributed by atoms with Crippen LogP contribution in [0.1, 0.15) is 25.3 Å². The van der Waals surface area contributed by atoms with Crippen LogP contribution in [0.3, 0.4) is 0 Å². The molecule has 18 heavy (non-hydrogen) atoms. The summed E-state index contributed by atoms with van der Waals surface area (Å²) in [6.45, 7) is 2.91. The predicted octanol–water partition coefficient (Wildman–Crippen LogP) is 2.11. The van der Waals surface area contributed by atoms with Gasteiger partial charge in [-0.3, -0.25) is 4.79 Å². The third kappa shape index (κ3) is 5.19. The van der Waals surface area contributed by atoms with Gasteiger partial charge in [-0.25, -0.2) is 0 Å². The monoisotopic (exact) mass is 251 g/mol. The van der Waals surface area contributed by atoms with Crippen LogP contribution in [0.15, 0.2) is 24.3 Å². The van der Waals surface area contributed by atoms with E-state index in [9.17, 15) is 4.79 Å². The second-order valence-corrected chi connectivity index (χ2v) is 4.39. The first kappa shape index (κ1) is 14.5. The molecular weight excluding hydrogens is 230 g/mol. The van der Waals surface area contributed by atoms with Crippen LogP contribution in [0.5, 0.6) is 5.75 Å². The van der Waals surface area contributed by atoms with Crippen molar-refractivity contribution in [2.45, 2.75) is 26.4 Å². The highest BCUT2D eigenvalue weighted by Gasteiger charge is 2.07. The highest BCUT2D eigenvalue weighted by atomic mass is 16.5. The summed E-state index contributed by atoms with van der Waals surface area (Å²) in [4.78, 5) is 11.5. The molecule has 0 aliphatic heterocycles. The highest BCUT2D eigenvalue weighted by Crippen LogP contribution is 2.14. The number of esters is 1. The Bertz CT molecular complexity index is 379. The zero-order valence-electron chi connectivity index (χ0n) is 11.0. The number of ether oxygens (including phenoxy) is 2. The first-order chi connectivity index (χ1) is 8.65. The van der Waals surface area contributed by atoms with Gasteiger partial charge in [0.15, 0.2) is 0 Å². The minimum Gasteiger partial charge on any atom is -0.497 e. The molecule has 4 heteroatoms. The number of carbonyl (C=O) groups excluding carboxylic acids is 1. The number of benzene rings is 1. The molecule has 0 radical (unpaired) electrons. The van der Waals surface area contributed by atoms with Crippen molar-refractivity contribution in [1.82, 2.24) is 0 Å². The normalized spacial score (nSPS) is 11.9. The van der Waals surface area contributed by atoms with Crippen LogP contribution in [0, 0.1) is 5.92 Å². The number of methoxy groups -OCH3 is 1. The first-order valence-corrected chi connectivity index (χ1v) is 6.14. The fourth-order valence-electron chi connectivity index (χ4n) is 1.48. The summed E-state index contributed by atoms with van der Waals surface area (Å²) >= 11 is 0. The Morgan fingerprint density at radius 1 is 1.44 bits per heavy atom. The fraction of sp³-hybridized carbons (Fsp3) is 0.500. The van der Waals surface area contributed by atoms with Crippen molar-refractivity contribution in [3.8, 4) is 5.75 Å². The summed E-state index contributed by atoms with van der Waals surface area (Å²) in [7, 11) is 1.61. The van der Waals surface area contributed by atoms with E-state index in [2.05, 4.69) is 0 Å².